The zero-order valence-electron chi connectivity index (χ0n) is 10.6. The lowest BCUT2D eigenvalue weighted by molar-refractivity contribution is 0.508. The number of aryl methyl sites for hydroxylation is 1. The summed E-state index contributed by atoms with van der Waals surface area (Å²) >= 11 is 6.19. The van der Waals surface area contributed by atoms with Crippen LogP contribution in [0.3, 0.4) is 0 Å². The molecule has 1 aromatic heterocycles. The van der Waals surface area contributed by atoms with E-state index >= 15 is 0 Å². The Bertz CT molecular complexity index is 509. The third kappa shape index (κ3) is 2.71. The number of rotatable bonds is 5. The molecule has 0 spiro atoms. The lowest BCUT2D eigenvalue weighted by atomic mass is 10.0. The molecule has 5 heteroatoms. The molecule has 1 aromatic carbocycles. The maximum Gasteiger partial charge on any atom is 0.0759 e. The van der Waals surface area contributed by atoms with Gasteiger partial charge in [-0.3, -0.25) is 0 Å². The second-order valence-electron chi connectivity index (χ2n) is 4.11. The van der Waals surface area contributed by atoms with Crippen molar-refractivity contribution in [1.82, 2.24) is 20.3 Å². The van der Waals surface area contributed by atoms with Gasteiger partial charge in [0.05, 0.1) is 17.9 Å². The molecule has 0 aliphatic heterocycles. The van der Waals surface area contributed by atoms with Crippen molar-refractivity contribution >= 4 is 11.6 Å². The molecule has 1 atom stereocenters. The van der Waals surface area contributed by atoms with Gasteiger partial charge in [0.15, 0.2) is 0 Å². The van der Waals surface area contributed by atoms with Gasteiger partial charge in [-0.1, -0.05) is 35.0 Å². The number of halogens is 1. The monoisotopic (exact) mass is 264 g/mol. The van der Waals surface area contributed by atoms with Gasteiger partial charge in [-0.05, 0) is 32.0 Å². The molecule has 0 radical (unpaired) electrons. The Hall–Kier alpha value is -1.39. The fourth-order valence-electron chi connectivity index (χ4n) is 2.02. The van der Waals surface area contributed by atoms with E-state index in [4.69, 9.17) is 11.6 Å². The zero-order chi connectivity index (χ0) is 13.0. The van der Waals surface area contributed by atoms with Crippen molar-refractivity contribution in [3.63, 3.8) is 0 Å². The molecule has 1 heterocycles. The van der Waals surface area contributed by atoms with Gasteiger partial charge in [0.1, 0.15) is 0 Å². The van der Waals surface area contributed by atoms with Crippen LogP contribution in [0.5, 0.6) is 0 Å². The quantitative estimate of drug-likeness (QED) is 0.902. The first-order chi connectivity index (χ1) is 8.76. The van der Waals surface area contributed by atoms with Crippen LogP contribution in [0, 0.1) is 0 Å². The van der Waals surface area contributed by atoms with E-state index in [1.54, 1.807) is 0 Å². The van der Waals surface area contributed by atoms with E-state index < -0.39 is 0 Å². The Morgan fingerprint density at radius 3 is 2.83 bits per heavy atom. The van der Waals surface area contributed by atoms with Crippen LogP contribution >= 0.6 is 11.6 Å². The zero-order valence-corrected chi connectivity index (χ0v) is 11.4. The molecule has 2 rings (SSSR count). The summed E-state index contributed by atoms with van der Waals surface area (Å²) in [6.45, 7) is 2.87. The molecule has 18 heavy (non-hydrogen) atoms. The van der Waals surface area contributed by atoms with Crippen LogP contribution in [0.2, 0.25) is 5.02 Å². The summed E-state index contributed by atoms with van der Waals surface area (Å²) in [6, 6.07) is 8.08. The molecular formula is C13H17ClN4. The van der Waals surface area contributed by atoms with Crippen molar-refractivity contribution in [2.75, 3.05) is 7.05 Å². The van der Waals surface area contributed by atoms with Crippen molar-refractivity contribution in [2.45, 2.75) is 25.9 Å². The third-order valence-corrected chi connectivity index (χ3v) is 3.40. The minimum Gasteiger partial charge on any atom is -0.311 e. The highest BCUT2D eigenvalue weighted by molar-refractivity contribution is 6.31. The largest absolute Gasteiger partial charge is 0.311 e. The summed E-state index contributed by atoms with van der Waals surface area (Å²) in [5.74, 6) is 0. The van der Waals surface area contributed by atoms with Crippen molar-refractivity contribution < 1.29 is 0 Å². The Morgan fingerprint density at radius 1 is 1.39 bits per heavy atom. The highest BCUT2D eigenvalue weighted by atomic mass is 35.5. The predicted octanol–water partition coefficient (Wildman–Crippen LogP) is 2.45. The molecule has 1 N–H and O–H groups in total. The van der Waals surface area contributed by atoms with Crippen LogP contribution in [-0.4, -0.2) is 22.0 Å². The van der Waals surface area contributed by atoms with Crippen molar-refractivity contribution in [1.29, 1.82) is 0 Å². The second kappa shape index (κ2) is 5.98. The van der Waals surface area contributed by atoms with Crippen LogP contribution in [0.15, 0.2) is 30.5 Å². The number of likely N-dealkylation sites (N-methyl/N-ethyl adjacent to an activating group) is 1. The first-order valence-electron chi connectivity index (χ1n) is 6.05. The number of nitrogens with one attached hydrogen (secondary N) is 1. The fraction of sp³-hybridized carbons (Fsp3) is 0.385. The number of hydrogen-bond acceptors (Lipinski definition) is 3. The van der Waals surface area contributed by atoms with Gasteiger partial charge in [0, 0.05) is 11.6 Å². The van der Waals surface area contributed by atoms with E-state index in [2.05, 4.69) is 22.6 Å². The summed E-state index contributed by atoms with van der Waals surface area (Å²) in [5.41, 5.74) is 2.21. The van der Waals surface area contributed by atoms with Gasteiger partial charge in [0.2, 0.25) is 0 Å². The van der Waals surface area contributed by atoms with E-state index in [1.807, 2.05) is 42.2 Å². The Kier molecular flexibility index (Phi) is 4.33. The predicted molar refractivity (Wildman–Crippen MR) is 72.7 cm³/mol. The van der Waals surface area contributed by atoms with E-state index in [0.29, 0.717) is 0 Å². The summed E-state index contributed by atoms with van der Waals surface area (Å²) in [5, 5.41) is 12.1. The summed E-state index contributed by atoms with van der Waals surface area (Å²) in [4.78, 5) is 0. The molecule has 96 valence electrons. The maximum absolute atomic E-state index is 6.19. The van der Waals surface area contributed by atoms with Crippen LogP contribution in [0.25, 0.3) is 0 Å². The molecule has 0 saturated heterocycles. The first-order valence-corrected chi connectivity index (χ1v) is 6.43. The lowest BCUT2D eigenvalue weighted by Gasteiger charge is -2.17. The molecule has 1 unspecified atom stereocenters. The molecule has 0 bridgehead atoms. The Balaban J connectivity index is 2.23. The van der Waals surface area contributed by atoms with E-state index in [1.165, 1.54) is 0 Å². The molecule has 0 saturated carbocycles. The van der Waals surface area contributed by atoms with Gasteiger partial charge in [-0.2, -0.15) is 0 Å². The van der Waals surface area contributed by atoms with E-state index in [-0.39, 0.29) is 6.04 Å². The molecule has 0 fully saturated rings. The molecular weight excluding hydrogens is 248 g/mol. The summed E-state index contributed by atoms with van der Waals surface area (Å²) < 4.78 is 1.90. The molecule has 0 aliphatic rings. The van der Waals surface area contributed by atoms with Crippen LogP contribution in [-0.2, 0) is 13.0 Å². The Labute approximate surface area is 112 Å². The van der Waals surface area contributed by atoms with E-state index in [9.17, 15) is 0 Å². The SMILES string of the molecule is CCn1nncc1C(Cc1ccccc1Cl)NC. The number of hydrogen-bond donors (Lipinski definition) is 1. The van der Waals surface area contributed by atoms with Crippen molar-refractivity contribution in [3.8, 4) is 0 Å². The normalized spacial score (nSPS) is 12.6. The molecule has 2 aromatic rings. The summed E-state index contributed by atoms with van der Waals surface area (Å²) in [7, 11) is 1.94. The van der Waals surface area contributed by atoms with Gasteiger partial charge < -0.3 is 5.32 Å². The molecule has 0 amide bonds. The first kappa shape index (κ1) is 13.1. The number of aromatic nitrogens is 3. The van der Waals surface area contributed by atoms with Crippen LogP contribution in [0.4, 0.5) is 0 Å². The molecule has 4 nitrogen and oxygen atoms in total. The average molecular weight is 265 g/mol. The summed E-state index contributed by atoms with van der Waals surface area (Å²) in [6.07, 6.45) is 2.63. The Morgan fingerprint density at radius 2 is 2.17 bits per heavy atom. The van der Waals surface area contributed by atoms with Crippen molar-refractivity contribution in [3.05, 3.63) is 46.7 Å². The van der Waals surface area contributed by atoms with Crippen molar-refractivity contribution in [2.24, 2.45) is 0 Å². The number of benzene rings is 1. The topological polar surface area (TPSA) is 42.7 Å². The maximum atomic E-state index is 6.19. The van der Waals surface area contributed by atoms with E-state index in [0.717, 1.165) is 29.2 Å². The fourth-order valence-corrected chi connectivity index (χ4v) is 2.23. The van der Waals surface area contributed by atoms with Gasteiger partial charge >= 0.3 is 0 Å². The second-order valence-corrected chi connectivity index (χ2v) is 4.52. The number of nitrogens with zero attached hydrogens (tertiary/aromatic N) is 3. The van der Waals surface area contributed by atoms with Crippen LogP contribution < -0.4 is 5.32 Å². The van der Waals surface area contributed by atoms with Gasteiger partial charge in [0.25, 0.3) is 0 Å². The highest BCUT2D eigenvalue weighted by Crippen LogP contribution is 2.22. The standard InChI is InChI=1S/C13H17ClN4/c1-3-18-13(9-16-17-18)12(15-2)8-10-6-4-5-7-11(10)14/h4-7,9,12,15H,3,8H2,1-2H3. The smallest absolute Gasteiger partial charge is 0.0759 e. The van der Waals surface area contributed by atoms with Gasteiger partial charge in [-0.25, -0.2) is 4.68 Å². The van der Waals surface area contributed by atoms with Gasteiger partial charge in [-0.15, -0.1) is 5.10 Å². The minimum atomic E-state index is 0.167. The minimum absolute atomic E-state index is 0.167. The van der Waals surface area contributed by atoms with Crippen LogP contribution in [0.1, 0.15) is 24.2 Å². The third-order valence-electron chi connectivity index (χ3n) is 3.03. The lowest BCUT2D eigenvalue weighted by Crippen LogP contribution is -2.22. The average Bonchev–Trinajstić information content (AvgIpc) is 2.86. The molecule has 0 aliphatic carbocycles. The highest BCUT2D eigenvalue weighted by Gasteiger charge is 2.16.